The molecule has 0 spiro atoms. The molecule has 0 unspecified atom stereocenters. The zero-order chi connectivity index (χ0) is 16.5. The Morgan fingerprint density at radius 2 is 1.41 bits per heavy atom. The maximum Gasteiger partial charge on any atom is 0.336 e. The minimum Gasteiger partial charge on any atom is -0.248 e. The second-order valence-electron chi connectivity index (χ2n) is 5.58. The molecule has 1 aromatic heterocycles. The van der Waals surface area contributed by atoms with Gasteiger partial charge in [-0.1, -0.05) is 51.5 Å². The summed E-state index contributed by atoms with van der Waals surface area (Å²) in [6.07, 6.45) is 9.25. The minimum atomic E-state index is -0.592. The van der Waals surface area contributed by atoms with Crippen molar-refractivity contribution in [3.05, 3.63) is 44.1 Å². The van der Waals surface area contributed by atoms with Gasteiger partial charge in [0.2, 0.25) is 0 Å². The van der Waals surface area contributed by atoms with Crippen LogP contribution < -0.4 is 17.1 Å². The van der Waals surface area contributed by atoms with E-state index in [4.69, 9.17) is 0 Å². The molecular weight excluding hydrogens is 282 g/mol. The normalized spacial score (nSPS) is 10.8. The van der Waals surface area contributed by atoms with Crippen LogP contribution >= 0.6 is 0 Å². The molecule has 0 N–H and O–H groups in total. The van der Waals surface area contributed by atoms with E-state index in [0.717, 1.165) is 33.0 Å². The fourth-order valence-corrected chi connectivity index (χ4v) is 2.46. The molecule has 0 saturated carbocycles. The first-order chi connectivity index (χ1) is 10.5. The molecule has 22 heavy (non-hydrogen) atoms. The molecule has 0 amide bonds. The van der Waals surface area contributed by atoms with Crippen molar-refractivity contribution in [1.82, 2.24) is 13.7 Å². The molecule has 0 radical (unpaired) electrons. The molecule has 0 aliphatic heterocycles. The molecule has 6 nitrogen and oxygen atoms in total. The Hall–Kier alpha value is -1.85. The summed E-state index contributed by atoms with van der Waals surface area (Å²) in [4.78, 5) is 36.2. The van der Waals surface area contributed by atoms with E-state index in [1.165, 1.54) is 38.8 Å². The van der Waals surface area contributed by atoms with Gasteiger partial charge in [0.1, 0.15) is 0 Å². The minimum absolute atomic E-state index is 0.114. The number of unbranched alkanes of at least 4 members (excludes halogenated alkanes) is 6. The van der Waals surface area contributed by atoms with Crippen LogP contribution in [0.3, 0.4) is 0 Å². The Kier molecular flexibility index (Phi) is 7.63. The van der Waals surface area contributed by atoms with E-state index in [-0.39, 0.29) is 6.54 Å². The second-order valence-corrected chi connectivity index (χ2v) is 5.58. The summed E-state index contributed by atoms with van der Waals surface area (Å²) in [7, 11) is 1.39. The largest absolute Gasteiger partial charge is 0.336 e. The van der Waals surface area contributed by atoms with Crippen molar-refractivity contribution >= 4 is 0 Å². The first kappa shape index (κ1) is 18.2. The van der Waals surface area contributed by atoms with Crippen molar-refractivity contribution in [1.29, 1.82) is 0 Å². The van der Waals surface area contributed by atoms with Crippen LogP contribution in [0.1, 0.15) is 51.9 Å². The predicted molar refractivity (Wildman–Crippen MR) is 88.4 cm³/mol. The molecular formula is C16H27N3O3. The predicted octanol–water partition coefficient (Wildman–Crippen LogP) is 1.65. The second kappa shape index (κ2) is 9.23. The van der Waals surface area contributed by atoms with Gasteiger partial charge in [0.15, 0.2) is 0 Å². The highest BCUT2D eigenvalue weighted by molar-refractivity contribution is 4.81. The van der Waals surface area contributed by atoms with E-state index in [1.54, 1.807) is 0 Å². The molecule has 0 fully saturated rings. The lowest BCUT2D eigenvalue weighted by molar-refractivity contribution is 0.464. The Labute approximate surface area is 130 Å². The lowest BCUT2D eigenvalue weighted by atomic mass is 10.1. The summed E-state index contributed by atoms with van der Waals surface area (Å²) < 4.78 is 3.17. The summed E-state index contributed by atoms with van der Waals surface area (Å²) in [5, 5.41) is 0. The van der Waals surface area contributed by atoms with Crippen LogP contribution in [0.25, 0.3) is 0 Å². The third-order valence-electron chi connectivity index (χ3n) is 3.79. The Morgan fingerprint density at radius 1 is 0.864 bits per heavy atom. The van der Waals surface area contributed by atoms with Crippen LogP contribution in [0.5, 0.6) is 0 Å². The Balaban J connectivity index is 2.75. The Morgan fingerprint density at radius 3 is 2.00 bits per heavy atom. The Bertz CT molecular complexity index is 652. The van der Waals surface area contributed by atoms with E-state index < -0.39 is 17.1 Å². The lowest BCUT2D eigenvalue weighted by Gasteiger charge is -2.10. The van der Waals surface area contributed by atoms with Crippen molar-refractivity contribution in [2.45, 2.75) is 65.0 Å². The van der Waals surface area contributed by atoms with Crippen LogP contribution in [-0.2, 0) is 20.1 Å². The number of rotatable bonds is 10. The van der Waals surface area contributed by atoms with E-state index in [9.17, 15) is 14.4 Å². The lowest BCUT2D eigenvalue weighted by Crippen LogP contribution is -2.53. The van der Waals surface area contributed by atoms with Gasteiger partial charge in [-0.2, -0.15) is 0 Å². The number of aromatic nitrogens is 3. The van der Waals surface area contributed by atoms with Gasteiger partial charge >= 0.3 is 17.1 Å². The number of allylic oxidation sites excluding steroid dienone is 1. The highest BCUT2D eigenvalue weighted by Gasteiger charge is 2.11. The third-order valence-corrected chi connectivity index (χ3v) is 3.79. The zero-order valence-corrected chi connectivity index (χ0v) is 13.7. The van der Waals surface area contributed by atoms with E-state index >= 15 is 0 Å². The van der Waals surface area contributed by atoms with E-state index in [2.05, 4.69) is 13.5 Å². The first-order valence-corrected chi connectivity index (χ1v) is 8.06. The molecule has 124 valence electrons. The van der Waals surface area contributed by atoms with E-state index in [0.29, 0.717) is 6.54 Å². The fourth-order valence-electron chi connectivity index (χ4n) is 2.46. The highest BCUT2D eigenvalue weighted by Crippen LogP contribution is 2.06. The molecule has 0 aromatic carbocycles. The summed E-state index contributed by atoms with van der Waals surface area (Å²) in [6, 6.07) is 0. The first-order valence-electron chi connectivity index (χ1n) is 8.06. The molecule has 1 rings (SSSR count). The van der Waals surface area contributed by atoms with Gasteiger partial charge < -0.3 is 0 Å². The van der Waals surface area contributed by atoms with Gasteiger partial charge in [0, 0.05) is 13.6 Å². The molecule has 1 aromatic rings. The van der Waals surface area contributed by atoms with Crippen LogP contribution in [0.15, 0.2) is 27.0 Å². The van der Waals surface area contributed by atoms with Gasteiger partial charge in [0.25, 0.3) is 0 Å². The highest BCUT2D eigenvalue weighted by atomic mass is 16.2. The number of hydrogen-bond acceptors (Lipinski definition) is 3. The summed E-state index contributed by atoms with van der Waals surface area (Å²) in [5.41, 5.74) is -1.68. The average Bonchev–Trinajstić information content (AvgIpc) is 2.51. The number of hydrogen-bond donors (Lipinski definition) is 0. The van der Waals surface area contributed by atoms with Gasteiger partial charge in [-0.25, -0.2) is 28.1 Å². The average molecular weight is 309 g/mol. The number of nitrogens with zero attached hydrogens (tertiary/aromatic N) is 3. The van der Waals surface area contributed by atoms with Crippen LogP contribution in [0.2, 0.25) is 0 Å². The van der Waals surface area contributed by atoms with Crippen LogP contribution in [0, 0.1) is 0 Å². The van der Waals surface area contributed by atoms with Crippen LogP contribution in [0.4, 0.5) is 0 Å². The fraction of sp³-hybridized carbons (Fsp3) is 0.688. The topological polar surface area (TPSA) is 66.0 Å². The summed E-state index contributed by atoms with van der Waals surface area (Å²) >= 11 is 0. The SMILES string of the molecule is C=CCn1c(=O)n(C)c(=O)n(CCCCCCCCC)c1=O. The smallest absolute Gasteiger partial charge is 0.248 e. The molecule has 0 aliphatic rings. The monoisotopic (exact) mass is 309 g/mol. The summed E-state index contributed by atoms with van der Waals surface area (Å²) in [5.74, 6) is 0. The third kappa shape index (κ3) is 4.58. The van der Waals surface area contributed by atoms with E-state index in [1.807, 2.05) is 0 Å². The molecule has 0 aliphatic carbocycles. The van der Waals surface area contributed by atoms with Gasteiger partial charge in [-0.05, 0) is 6.42 Å². The maximum atomic E-state index is 12.2. The maximum absolute atomic E-state index is 12.2. The molecule has 0 atom stereocenters. The molecule has 1 heterocycles. The van der Waals surface area contributed by atoms with Gasteiger partial charge in [-0.15, -0.1) is 6.58 Å². The molecule has 6 heteroatoms. The van der Waals surface area contributed by atoms with Crippen LogP contribution in [-0.4, -0.2) is 13.7 Å². The van der Waals surface area contributed by atoms with Crippen molar-refractivity contribution in [2.75, 3.05) is 0 Å². The standard InChI is InChI=1S/C16H27N3O3/c1-4-6-7-8-9-10-11-13-19-15(21)17(3)14(20)18(12-5-2)16(19)22/h5H,2,4,6-13H2,1,3H3. The molecule has 0 saturated heterocycles. The zero-order valence-electron chi connectivity index (χ0n) is 13.7. The summed E-state index contributed by atoms with van der Waals surface area (Å²) in [6.45, 7) is 6.19. The van der Waals surface area contributed by atoms with Gasteiger partial charge in [-0.3, -0.25) is 0 Å². The van der Waals surface area contributed by atoms with Gasteiger partial charge in [0.05, 0.1) is 6.54 Å². The van der Waals surface area contributed by atoms with Crippen molar-refractivity contribution in [2.24, 2.45) is 7.05 Å². The van der Waals surface area contributed by atoms with Crippen molar-refractivity contribution in [3.63, 3.8) is 0 Å². The van der Waals surface area contributed by atoms with Crippen molar-refractivity contribution in [3.8, 4) is 0 Å². The van der Waals surface area contributed by atoms with Crippen molar-refractivity contribution < 1.29 is 0 Å². The quantitative estimate of drug-likeness (QED) is 0.487. The molecule has 0 bridgehead atoms.